The first-order valence-corrected chi connectivity index (χ1v) is 4.58. The van der Waals surface area contributed by atoms with Crippen LogP contribution >= 0.6 is 0 Å². The first-order chi connectivity index (χ1) is 6.36. The van der Waals surface area contributed by atoms with Gasteiger partial charge in [0.1, 0.15) is 5.71 Å². The second kappa shape index (κ2) is 3.77. The molecular formula is C9H13N3O. The van der Waals surface area contributed by atoms with Crippen LogP contribution in [0.2, 0.25) is 0 Å². The van der Waals surface area contributed by atoms with Gasteiger partial charge < -0.3 is 10.2 Å². The maximum Gasteiger partial charge on any atom is 0.238 e. The lowest BCUT2D eigenvalue weighted by atomic mass is 9.93. The normalized spacial score (nSPS) is 28.4. The second-order valence-corrected chi connectivity index (χ2v) is 3.30. The molecule has 0 saturated carbocycles. The van der Waals surface area contributed by atoms with Crippen molar-refractivity contribution in [2.75, 3.05) is 13.1 Å². The summed E-state index contributed by atoms with van der Waals surface area (Å²) in [4.78, 5) is 4.92. The van der Waals surface area contributed by atoms with Gasteiger partial charge in [0.15, 0.2) is 0 Å². The fourth-order valence-electron chi connectivity index (χ4n) is 1.58. The van der Waals surface area contributed by atoms with Gasteiger partial charge in [0, 0.05) is 5.92 Å². The minimum Gasteiger partial charge on any atom is -0.362 e. The average Bonchev–Trinajstić information content (AvgIpc) is 2.20. The van der Waals surface area contributed by atoms with Crippen LogP contribution in [0.25, 0.3) is 0 Å². The molecule has 2 aliphatic heterocycles. The van der Waals surface area contributed by atoms with Crippen molar-refractivity contribution in [2.24, 2.45) is 16.8 Å². The van der Waals surface area contributed by atoms with Crippen LogP contribution in [0.4, 0.5) is 0 Å². The van der Waals surface area contributed by atoms with Gasteiger partial charge in [-0.25, -0.2) is 0 Å². The van der Waals surface area contributed by atoms with E-state index in [2.05, 4.69) is 22.3 Å². The van der Waals surface area contributed by atoms with Crippen molar-refractivity contribution in [1.82, 2.24) is 5.32 Å². The van der Waals surface area contributed by atoms with E-state index in [0.717, 1.165) is 31.6 Å². The highest BCUT2D eigenvalue weighted by Gasteiger charge is 2.20. The summed E-state index contributed by atoms with van der Waals surface area (Å²) in [5.41, 5.74) is 6.28. The van der Waals surface area contributed by atoms with Crippen LogP contribution in [-0.4, -0.2) is 25.0 Å². The summed E-state index contributed by atoms with van der Waals surface area (Å²) in [5.74, 6) is 6.20. The van der Waals surface area contributed by atoms with Crippen molar-refractivity contribution in [3.63, 3.8) is 0 Å². The molecule has 4 nitrogen and oxygen atoms in total. The van der Waals surface area contributed by atoms with Crippen LogP contribution in [0.1, 0.15) is 12.8 Å². The zero-order valence-electron chi connectivity index (χ0n) is 7.42. The summed E-state index contributed by atoms with van der Waals surface area (Å²) in [6.45, 7) is 2.08. The summed E-state index contributed by atoms with van der Waals surface area (Å²) in [7, 11) is 0. The molecule has 2 aliphatic rings. The van der Waals surface area contributed by atoms with Crippen LogP contribution in [0.15, 0.2) is 5.16 Å². The first kappa shape index (κ1) is 8.54. The van der Waals surface area contributed by atoms with E-state index in [1.165, 1.54) is 0 Å². The Balaban J connectivity index is 2.00. The Bertz CT molecular complexity index is 270. The van der Waals surface area contributed by atoms with Crippen molar-refractivity contribution >= 4 is 5.71 Å². The number of nitrogens with two attached hydrogens (primary N) is 1. The number of nitrogens with zero attached hydrogens (tertiary/aromatic N) is 1. The fourth-order valence-corrected chi connectivity index (χ4v) is 1.58. The van der Waals surface area contributed by atoms with Gasteiger partial charge >= 0.3 is 0 Å². The Labute approximate surface area is 77.5 Å². The van der Waals surface area contributed by atoms with E-state index >= 15 is 0 Å². The molecule has 13 heavy (non-hydrogen) atoms. The maximum atomic E-state index is 5.41. The van der Waals surface area contributed by atoms with Crippen molar-refractivity contribution in [2.45, 2.75) is 19.1 Å². The number of oxime groups is 1. The molecule has 0 aromatic rings. The molecule has 0 aliphatic carbocycles. The van der Waals surface area contributed by atoms with Gasteiger partial charge in [-0.3, -0.25) is 5.73 Å². The van der Waals surface area contributed by atoms with E-state index in [4.69, 9.17) is 10.6 Å². The van der Waals surface area contributed by atoms with Crippen molar-refractivity contribution in [3.8, 4) is 11.8 Å². The third-order valence-electron chi connectivity index (χ3n) is 2.33. The summed E-state index contributed by atoms with van der Waals surface area (Å²) < 4.78 is 0. The molecule has 0 radical (unpaired) electrons. The Hall–Kier alpha value is -1.05. The lowest BCUT2D eigenvalue weighted by Gasteiger charge is -2.22. The highest BCUT2D eigenvalue weighted by Crippen LogP contribution is 2.14. The molecule has 0 aromatic carbocycles. The third-order valence-corrected chi connectivity index (χ3v) is 2.33. The number of nitrogens with one attached hydrogen (secondary N) is 1. The molecule has 2 heterocycles. The maximum absolute atomic E-state index is 5.41. The highest BCUT2D eigenvalue weighted by atomic mass is 16.6. The van der Waals surface area contributed by atoms with Crippen LogP contribution in [-0.2, 0) is 4.84 Å². The van der Waals surface area contributed by atoms with Crippen molar-refractivity contribution < 1.29 is 4.84 Å². The van der Waals surface area contributed by atoms with E-state index in [0.29, 0.717) is 5.92 Å². The molecule has 1 fully saturated rings. The number of hydrogen-bond donors (Lipinski definition) is 2. The summed E-state index contributed by atoms with van der Waals surface area (Å²) in [6, 6.07) is 0. The molecule has 1 unspecified atom stereocenters. The zero-order chi connectivity index (χ0) is 9.10. The molecule has 3 N–H and O–H groups in total. The monoisotopic (exact) mass is 179 g/mol. The zero-order valence-corrected chi connectivity index (χ0v) is 7.42. The van der Waals surface area contributed by atoms with Crippen LogP contribution in [0, 0.1) is 17.8 Å². The third kappa shape index (κ3) is 2.00. The molecule has 2 rings (SSSR count). The molecule has 0 aromatic heterocycles. The van der Waals surface area contributed by atoms with E-state index in [-0.39, 0.29) is 0 Å². The van der Waals surface area contributed by atoms with Gasteiger partial charge in [-0.05, 0) is 37.8 Å². The van der Waals surface area contributed by atoms with Crippen LogP contribution < -0.4 is 11.1 Å². The van der Waals surface area contributed by atoms with Gasteiger partial charge in [0.25, 0.3) is 0 Å². The standard InChI is InChI=1S/C9H13N3O/c10-9-2-1-8(12-13-9)7-3-5-11-6-4-7/h7,9,11H,3-6,10H2. The molecule has 70 valence electrons. The van der Waals surface area contributed by atoms with Gasteiger partial charge in [-0.15, -0.1) is 0 Å². The smallest absolute Gasteiger partial charge is 0.238 e. The van der Waals surface area contributed by atoms with Gasteiger partial charge in [0.05, 0.1) is 0 Å². The number of hydrogen-bond acceptors (Lipinski definition) is 4. The van der Waals surface area contributed by atoms with Crippen LogP contribution in [0.3, 0.4) is 0 Å². The average molecular weight is 179 g/mol. The number of rotatable bonds is 1. The lowest BCUT2D eigenvalue weighted by Crippen LogP contribution is -2.33. The van der Waals surface area contributed by atoms with Gasteiger partial charge in [-0.2, -0.15) is 0 Å². The minimum atomic E-state index is -0.537. The molecule has 4 heteroatoms. The molecule has 0 amide bonds. The van der Waals surface area contributed by atoms with E-state index in [1.54, 1.807) is 0 Å². The fraction of sp³-hybridized carbons (Fsp3) is 0.667. The van der Waals surface area contributed by atoms with Crippen molar-refractivity contribution in [1.29, 1.82) is 0 Å². The topological polar surface area (TPSA) is 59.6 Å². The molecular weight excluding hydrogens is 166 g/mol. The molecule has 1 saturated heterocycles. The van der Waals surface area contributed by atoms with E-state index in [9.17, 15) is 0 Å². The molecule has 0 bridgehead atoms. The summed E-state index contributed by atoms with van der Waals surface area (Å²) >= 11 is 0. The Morgan fingerprint density at radius 1 is 1.46 bits per heavy atom. The largest absolute Gasteiger partial charge is 0.362 e. The highest BCUT2D eigenvalue weighted by molar-refractivity contribution is 6.02. The van der Waals surface area contributed by atoms with Gasteiger partial charge in [-0.1, -0.05) is 5.16 Å². The Kier molecular flexibility index (Phi) is 2.48. The predicted octanol–water partition coefficient (Wildman–Crippen LogP) is -0.340. The quantitative estimate of drug-likeness (QED) is 0.541. The molecule has 1 atom stereocenters. The predicted molar refractivity (Wildman–Crippen MR) is 49.9 cm³/mol. The Morgan fingerprint density at radius 3 is 2.85 bits per heavy atom. The molecule has 0 spiro atoms. The van der Waals surface area contributed by atoms with Crippen LogP contribution in [0.5, 0.6) is 0 Å². The van der Waals surface area contributed by atoms with Crippen molar-refractivity contribution in [3.05, 3.63) is 0 Å². The summed E-state index contributed by atoms with van der Waals surface area (Å²) in [6.07, 6.45) is 1.64. The Morgan fingerprint density at radius 2 is 2.23 bits per heavy atom. The number of piperidine rings is 1. The first-order valence-electron chi connectivity index (χ1n) is 4.58. The lowest BCUT2D eigenvalue weighted by molar-refractivity contribution is 0.100. The SMILES string of the molecule is NC1C#CC(C2CCNCC2)=NO1. The summed E-state index contributed by atoms with van der Waals surface area (Å²) in [5, 5.41) is 7.22. The minimum absolute atomic E-state index is 0.459. The second-order valence-electron chi connectivity index (χ2n) is 3.30. The van der Waals surface area contributed by atoms with E-state index in [1.807, 2.05) is 0 Å². The van der Waals surface area contributed by atoms with E-state index < -0.39 is 6.23 Å². The van der Waals surface area contributed by atoms with Gasteiger partial charge in [0.2, 0.25) is 6.23 Å².